The van der Waals surface area contributed by atoms with E-state index in [2.05, 4.69) is 11.8 Å². The number of hydrogen-bond acceptors (Lipinski definition) is 2. The SMILES string of the molecule is N#CCC#Cc1ccccc1C(N)=S. The first-order valence-electron chi connectivity index (χ1n) is 4.00. The molecular weight excluding hydrogens is 192 g/mol. The Hall–Kier alpha value is -1.84. The van der Waals surface area contributed by atoms with Gasteiger partial charge in [-0.25, -0.2) is 0 Å². The molecule has 2 nitrogen and oxygen atoms in total. The van der Waals surface area contributed by atoms with Crippen LogP contribution in [0.15, 0.2) is 24.3 Å². The maximum Gasteiger partial charge on any atom is 0.105 e. The number of thiocarbonyl (C=S) groups is 1. The Labute approximate surface area is 88.3 Å². The van der Waals surface area contributed by atoms with E-state index in [1.54, 1.807) is 0 Å². The molecule has 0 aliphatic rings. The lowest BCUT2D eigenvalue weighted by molar-refractivity contribution is 1.39. The first-order valence-corrected chi connectivity index (χ1v) is 4.41. The molecular formula is C11H8N2S. The minimum atomic E-state index is 0.214. The number of benzene rings is 1. The van der Waals surface area contributed by atoms with E-state index >= 15 is 0 Å². The van der Waals surface area contributed by atoms with Gasteiger partial charge in [0.15, 0.2) is 0 Å². The third-order valence-electron chi connectivity index (χ3n) is 1.58. The van der Waals surface area contributed by atoms with Crippen LogP contribution in [0.5, 0.6) is 0 Å². The summed E-state index contributed by atoms with van der Waals surface area (Å²) < 4.78 is 0. The Morgan fingerprint density at radius 2 is 2.14 bits per heavy atom. The summed E-state index contributed by atoms with van der Waals surface area (Å²) in [6.45, 7) is 0. The Kier molecular flexibility index (Phi) is 3.67. The van der Waals surface area contributed by atoms with Gasteiger partial charge in [-0.2, -0.15) is 5.26 Å². The predicted octanol–water partition coefficient (Wildman–Crippen LogP) is 1.59. The van der Waals surface area contributed by atoms with Gasteiger partial charge in [-0.3, -0.25) is 0 Å². The lowest BCUT2D eigenvalue weighted by Gasteiger charge is -2.00. The van der Waals surface area contributed by atoms with E-state index in [1.165, 1.54) is 0 Å². The van der Waals surface area contributed by atoms with E-state index in [0.29, 0.717) is 4.99 Å². The van der Waals surface area contributed by atoms with Crippen LogP contribution in [0.1, 0.15) is 17.5 Å². The van der Waals surface area contributed by atoms with Gasteiger partial charge in [0.1, 0.15) is 4.99 Å². The Morgan fingerprint density at radius 1 is 1.43 bits per heavy atom. The van der Waals surface area contributed by atoms with Gasteiger partial charge in [-0.1, -0.05) is 42.3 Å². The minimum absolute atomic E-state index is 0.214. The zero-order valence-electron chi connectivity index (χ0n) is 7.45. The van der Waals surface area contributed by atoms with Crippen molar-refractivity contribution in [2.45, 2.75) is 6.42 Å². The number of nitrogens with zero attached hydrogens (tertiary/aromatic N) is 1. The molecule has 0 atom stereocenters. The van der Waals surface area contributed by atoms with E-state index in [-0.39, 0.29) is 6.42 Å². The summed E-state index contributed by atoms with van der Waals surface area (Å²) in [5, 5.41) is 8.32. The van der Waals surface area contributed by atoms with Crippen LogP contribution in [-0.4, -0.2) is 4.99 Å². The highest BCUT2D eigenvalue weighted by Crippen LogP contribution is 2.06. The molecule has 0 aliphatic carbocycles. The zero-order chi connectivity index (χ0) is 10.4. The predicted molar refractivity (Wildman–Crippen MR) is 59.4 cm³/mol. The molecule has 0 fully saturated rings. The summed E-state index contributed by atoms with van der Waals surface area (Å²) in [7, 11) is 0. The molecule has 3 heteroatoms. The van der Waals surface area contributed by atoms with Crippen molar-refractivity contribution in [3.63, 3.8) is 0 Å². The quantitative estimate of drug-likeness (QED) is 0.553. The fraction of sp³-hybridized carbons (Fsp3) is 0.0909. The van der Waals surface area contributed by atoms with Gasteiger partial charge in [0.25, 0.3) is 0 Å². The van der Waals surface area contributed by atoms with Crippen molar-refractivity contribution in [1.82, 2.24) is 0 Å². The molecule has 0 aliphatic heterocycles. The van der Waals surface area contributed by atoms with Gasteiger partial charge in [-0.15, -0.1) is 0 Å². The van der Waals surface area contributed by atoms with E-state index in [1.807, 2.05) is 30.3 Å². The minimum Gasteiger partial charge on any atom is -0.389 e. The molecule has 0 spiro atoms. The third-order valence-corrected chi connectivity index (χ3v) is 1.80. The lowest BCUT2D eigenvalue weighted by Crippen LogP contribution is -2.10. The van der Waals surface area contributed by atoms with E-state index < -0.39 is 0 Å². The van der Waals surface area contributed by atoms with Crippen LogP contribution in [0, 0.1) is 23.2 Å². The lowest BCUT2D eigenvalue weighted by atomic mass is 10.1. The molecule has 0 heterocycles. The highest BCUT2D eigenvalue weighted by Gasteiger charge is 2.00. The molecule has 68 valence electrons. The van der Waals surface area contributed by atoms with Gasteiger partial charge in [0.05, 0.1) is 12.5 Å². The smallest absolute Gasteiger partial charge is 0.105 e. The van der Waals surface area contributed by atoms with Gasteiger partial charge >= 0.3 is 0 Å². The fourth-order valence-electron chi connectivity index (χ4n) is 0.986. The van der Waals surface area contributed by atoms with Crippen molar-refractivity contribution in [2.24, 2.45) is 5.73 Å². The highest BCUT2D eigenvalue weighted by molar-refractivity contribution is 7.80. The highest BCUT2D eigenvalue weighted by atomic mass is 32.1. The second kappa shape index (κ2) is 5.01. The van der Waals surface area contributed by atoms with Crippen LogP contribution in [0.2, 0.25) is 0 Å². The largest absolute Gasteiger partial charge is 0.389 e. The first-order chi connectivity index (χ1) is 6.75. The van der Waals surface area contributed by atoms with Gasteiger partial charge in [0, 0.05) is 11.1 Å². The van der Waals surface area contributed by atoms with E-state index in [9.17, 15) is 0 Å². The number of nitriles is 1. The molecule has 0 radical (unpaired) electrons. The number of rotatable bonds is 1. The van der Waals surface area contributed by atoms with Crippen molar-refractivity contribution in [3.8, 4) is 17.9 Å². The van der Waals surface area contributed by atoms with Gasteiger partial charge in [-0.05, 0) is 6.07 Å². The van der Waals surface area contributed by atoms with Crippen molar-refractivity contribution >= 4 is 17.2 Å². The number of hydrogen-bond donors (Lipinski definition) is 1. The summed E-state index contributed by atoms with van der Waals surface area (Å²) in [5.74, 6) is 5.58. The van der Waals surface area contributed by atoms with Crippen molar-refractivity contribution in [3.05, 3.63) is 35.4 Å². The molecule has 0 saturated heterocycles. The molecule has 1 aromatic carbocycles. The van der Waals surface area contributed by atoms with Crippen LogP contribution in [0.3, 0.4) is 0 Å². The second-order valence-corrected chi connectivity index (χ2v) is 2.99. The molecule has 1 aromatic rings. The standard InChI is InChI=1S/C11H8N2S/c12-8-4-3-6-9-5-1-2-7-10(9)11(13)14/h1-2,5,7H,4H2,(H2,13,14). The Morgan fingerprint density at radius 3 is 2.79 bits per heavy atom. The molecule has 0 aromatic heterocycles. The van der Waals surface area contributed by atoms with Crippen LogP contribution < -0.4 is 5.73 Å². The Balaban J connectivity index is 3.05. The molecule has 0 saturated carbocycles. The fourth-order valence-corrected chi connectivity index (χ4v) is 1.16. The summed E-state index contributed by atoms with van der Waals surface area (Å²) in [6.07, 6.45) is 0.214. The normalized spacial score (nSPS) is 8.21. The van der Waals surface area contributed by atoms with Crippen molar-refractivity contribution in [1.29, 1.82) is 5.26 Å². The maximum absolute atomic E-state index is 8.32. The molecule has 2 N–H and O–H groups in total. The number of nitrogens with two attached hydrogens (primary N) is 1. The van der Waals surface area contributed by atoms with E-state index in [4.69, 9.17) is 23.2 Å². The van der Waals surface area contributed by atoms with Crippen LogP contribution in [0.4, 0.5) is 0 Å². The van der Waals surface area contributed by atoms with Gasteiger partial charge in [0.2, 0.25) is 0 Å². The molecule has 0 amide bonds. The molecule has 0 bridgehead atoms. The van der Waals surface area contributed by atoms with Crippen molar-refractivity contribution < 1.29 is 0 Å². The summed E-state index contributed by atoms with van der Waals surface area (Å²) >= 11 is 4.87. The van der Waals surface area contributed by atoms with Crippen LogP contribution in [0.25, 0.3) is 0 Å². The average Bonchev–Trinajstić information content (AvgIpc) is 2.19. The van der Waals surface area contributed by atoms with Crippen LogP contribution in [-0.2, 0) is 0 Å². The Bertz CT molecular complexity index is 446. The van der Waals surface area contributed by atoms with Crippen LogP contribution >= 0.6 is 12.2 Å². The zero-order valence-corrected chi connectivity index (χ0v) is 8.27. The molecule has 14 heavy (non-hydrogen) atoms. The topological polar surface area (TPSA) is 49.8 Å². The summed E-state index contributed by atoms with van der Waals surface area (Å²) in [5.41, 5.74) is 7.05. The third kappa shape index (κ3) is 2.58. The van der Waals surface area contributed by atoms with Crippen molar-refractivity contribution in [2.75, 3.05) is 0 Å². The molecule has 0 unspecified atom stereocenters. The first kappa shape index (κ1) is 10.2. The second-order valence-electron chi connectivity index (χ2n) is 2.55. The monoisotopic (exact) mass is 200 g/mol. The summed E-state index contributed by atoms with van der Waals surface area (Å²) in [4.78, 5) is 0.326. The molecule has 1 rings (SSSR count). The van der Waals surface area contributed by atoms with E-state index in [0.717, 1.165) is 11.1 Å². The maximum atomic E-state index is 8.32. The summed E-state index contributed by atoms with van der Waals surface area (Å²) in [6, 6.07) is 9.31. The average molecular weight is 200 g/mol. The van der Waals surface area contributed by atoms with Gasteiger partial charge < -0.3 is 5.73 Å².